The third kappa shape index (κ3) is 3.83. The minimum absolute atomic E-state index is 0.0678. The van der Waals surface area contributed by atoms with Crippen LogP contribution in [0.3, 0.4) is 0 Å². The fourth-order valence-electron chi connectivity index (χ4n) is 3.08. The molecule has 110 valence electrons. The number of carbonyl (C=O) groups is 1. The van der Waals surface area contributed by atoms with E-state index in [1.165, 1.54) is 17.5 Å². The molecule has 3 nitrogen and oxygen atoms in total. The van der Waals surface area contributed by atoms with Gasteiger partial charge in [0.25, 0.3) is 0 Å². The number of benzene rings is 1. The summed E-state index contributed by atoms with van der Waals surface area (Å²) in [6, 6.07) is 8.70. The first-order chi connectivity index (χ1) is 9.58. The van der Waals surface area contributed by atoms with Crippen LogP contribution >= 0.6 is 0 Å². The minimum Gasteiger partial charge on any atom is -0.338 e. The summed E-state index contributed by atoms with van der Waals surface area (Å²) in [4.78, 5) is 14.5. The van der Waals surface area contributed by atoms with Crippen LogP contribution in [0.1, 0.15) is 43.7 Å². The molecule has 0 spiro atoms. The lowest BCUT2D eigenvalue weighted by Crippen LogP contribution is -2.51. The molecule has 1 aliphatic rings. The molecule has 2 atom stereocenters. The van der Waals surface area contributed by atoms with Crippen molar-refractivity contribution in [2.75, 3.05) is 6.54 Å². The summed E-state index contributed by atoms with van der Waals surface area (Å²) in [5.41, 5.74) is 8.52. The van der Waals surface area contributed by atoms with Gasteiger partial charge in [-0.3, -0.25) is 4.79 Å². The number of rotatable bonds is 4. The van der Waals surface area contributed by atoms with Crippen molar-refractivity contribution in [1.82, 2.24) is 4.90 Å². The van der Waals surface area contributed by atoms with Gasteiger partial charge >= 0.3 is 0 Å². The largest absolute Gasteiger partial charge is 0.338 e. The Hall–Kier alpha value is -1.35. The number of nitrogens with two attached hydrogens (primary N) is 1. The van der Waals surface area contributed by atoms with E-state index in [2.05, 4.69) is 31.2 Å². The van der Waals surface area contributed by atoms with Gasteiger partial charge in [-0.2, -0.15) is 0 Å². The minimum atomic E-state index is 0.0678. The number of hydrogen-bond donors (Lipinski definition) is 1. The lowest BCUT2D eigenvalue weighted by Gasteiger charge is -2.38. The van der Waals surface area contributed by atoms with Gasteiger partial charge in [0.1, 0.15) is 0 Å². The lowest BCUT2D eigenvalue weighted by atomic mass is 9.96. The molecule has 0 aliphatic carbocycles. The smallest absolute Gasteiger partial charge is 0.223 e. The van der Waals surface area contributed by atoms with Crippen molar-refractivity contribution >= 4 is 5.91 Å². The second-order valence-electron chi connectivity index (χ2n) is 6.00. The van der Waals surface area contributed by atoms with Gasteiger partial charge in [0.05, 0.1) is 0 Å². The van der Waals surface area contributed by atoms with Crippen molar-refractivity contribution < 1.29 is 4.79 Å². The summed E-state index contributed by atoms with van der Waals surface area (Å²) in [5, 5.41) is 0. The number of piperidine rings is 1. The van der Waals surface area contributed by atoms with Crippen molar-refractivity contribution in [3.8, 4) is 0 Å². The maximum Gasteiger partial charge on any atom is 0.223 e. The van der Waals surface area contributed by atoms with Crippen molar-refractivity contribution in [1.29, 1.82) is 0 Å². The van der Waals surface area contributed by atoms with E-state index in [4.69, 9.17) is 5.73 Å². The normalized spacial score (nSPS) is 20.8. The standard InChI is InChI=1S/C17H26N2O/c1-13-6-5-7-15(12-13)9-10-17(20)19-11-4-3-8-16(19)14(2)18/h5-7,12,14,16H,3-4,8-11,18H2,1-2H3. The van der Waals surface area contributed by atoms with Gasteiger partial charge < -0.3 is 10.6 Å². The zero-order chi connectivity index (χ0) is 14.5. The van der Waals surface area contributed by atoms with Crippen LogP contribution in [-0.2, 0) is 11.2 Å². The van der Waals surface area contributed by atoms with Crippen LogP contribution in [0.15, 0.2) is 24.3 Å². The van der Waals surface area contributed by atoms with E-state index in [1.807, 2.05) is 11.8 Å². The number of aryl methyl sites for hydroxylation is 2. The van der Waals surface area contributed by atoms with Crippen molar-refractivity contribution in [3.63, 3.8) is 0 Å². The van der Waals surface area contributed by atoms with Gasteiger partial charge in [0.2, 0.25) is 5.91 Å². The Labute approximate surface area is 122 Å². The highest BCUT2D eigenvalue weighted by molar-refractivity contribution is 5.77. The Kier molecular flexibility index (Phi) is 5.18. The van der Waals surface area contributed by atoms with Crippen LogP contribution in [0.25, 0.3) is 0 Å². The monoisotopic (exact) mass is 274 g/mol. The number of nitrogens with zero attached hydrogens (tertiary/aromatic N) is 1. The summed E-state index contributed by atoms with van der Waals surface area (Å²) in [7, 11) is 0. The molecule has 2 rings (SSSR count). The van der Waals surface area contributed by atoms with Gasteiger partial charge in [0.15, 0.2) is 0 Å². The zero-order valence-electron chi connectivity index (χ0n) is 12.6. The molecule has 1 aromatic rings. The second kappa shape index (κ2) is 6.89. The topological polar surface area (TPSA) is 46.3 Å². The number of amides is 1. The zero-order valence-corrected chi connectivity index (χ0v) is 12.6. The number of hydrogen-bond acceptors (Lipinski definition) is 2. The molecule has 1 aliphatic heterocycles. The molecule has 0 radical (unpaired) electrons. The summed E-state index contributed by atoms with van der Waals surface area (Å²) >= 11 is 0. The van der Waals surface area contributed by atoms with Gasteiger partial charge in [-0.25, -0.2) is 0 Å². The maximum absolute atomic E-state index is 12.4. The van der Waals surface area contributed by atoms with E-state index >= 15 is 0 Å². The molecule has 1 aromatic carbocycles. The first-order valence-corrected chi connectivity index (χ1v) is 7.68. The van der Waals surface area contributed by atoms with Gasteiger partial charge in [-0.15, -0.1) is 0 Å². The third-order valence-electron chi connectivity index (χ3n) is 4.19. The average molecular weight is 274 g/mol. The Morgan fingerprint density at radius 1 is 1.45 bits per heavy atom. The van der Waals surface area contributed by atoms with Crippen LogP contribution in [0.4, 0.5) is 0 Å². The van der Waals surface area contributed by atoms with E-state index in [-0.39, 0.29) is 18.0 Å². The van der Waals surface area contributed by atoms with Crippen LogP contribution < -0.4 is 5.73 Å². The molecule has 0 bridgehead atoms. The predicted molar refractivity (Wildman–Crippen MR) is 82.5 cm³/mol. The van der Waals surface area contributed by atoms with Crippen LogP contribution in [0.2, 0.25) is 0 Å². The SMILES string of the molecule is Cc1cccc(CCC(=O)N2CCCCC2C(C)N)c1. The summed E-state index contributed by atoms with van der Waals surface area (Å²) < 4.78 is 0. The fraction of sp³-hybridized carbons (Fsp3) is 0.588. The average Bonchev–Trinajstić information content (AvgIpc) is 2.45. The van der Waals surface area contributed by atoms with E-state index in [9.17, 15) is 4.79 Å². The van der Waals surface area contributed by atoms with Gasteiger partial charge in [-0.1, -0.05) is 29.8 Å². The second-order valence-corrected chi connectivity index (χ2v) is 6.00. The van der Waals surface area contributed by atoms with Crippen molar-refractivity contribution in [2.45, 2.75) is 58.0 Å². The first kappa shape index (κ1) is 15.0. The Bertz CT molecular complexity index is 456. The van der Waals surface area contributed by atoms with E-state index in [0.717, 1.165) is 25.8 Å². The molecular formula is C17H26N2O. The molecule has 1 amide bonds. The quantitative estimate of drug-likeness (QED) is 0.917. The van der Waals surface area contributed by atoms with E-state index in [0.29, 0.717) is 6.42 Å². The fourth-order valence-corrected chi connectivity index (χ4v) is 3.08. The third-order valence-corrected chi connectivity index (χ3v) is 4.19. The van der Waals surface area contributed by atoms with Gasteiger partial charge in [-0.05, 0) is 45.1 Å². The Morgan fingerprint density at radius 2 is 2.25 bits per heavy atom. The molecular weight excluding hydrogens is 248 g/mol. The molecule has 0 aromatic heterocycles. The van der Waals surface area contributed by atoms with Crippen molar-refractivity contribution in [3.05, 3.63) is 35.4 Å². The molecule has 2 unspecified atom stereocenters. The molecule has 1 saturated heterocycles. The molecule has 2 N–H and O–H groups in total. The van der Waals surface area contributed by atoms with Gasteiger partial charge in [0, 0.05) is 25.0 Å². The van der Waals surface area contributed by atoms with Crippen LogP contribution in [-0.4, -0.2) is 29.4 Å². The molecule has 0 saturated carbocycles. The number of likely N-dealkylation sites (tertiary alicyclic amines) is 1. The highest BCUT2D eigenvalue weighted by Crippen LogP contribution is 2.20. The first-order valence-electron chi connectivity index (χ1n) is 7.68. The van der Waals surface area contributed by atoms with Crippen LogP contribution in [0, 0.1) is 6.92 Å². The molecule has 1 heterocycles. The molecule has 3 heteroatoms. The highest BCUT2D eigenvalue weighted by Gasteiger charge is 2.28. The number of carbonyl (C=O) groups excluding carboxylic acids is 1. The van der Waals surface area contributed by atoms with Crippen LogP contribution in [0.5, 0.6) is 0 Å². The highest BCUT2D eigenvalue weighted by atomic mass is 16.2. The Morgan fingerprint density at radius 3 is 2.95 bits per heavy atom. The van der Waals surface area contributed by atoms with E-state index < -0.39 is 0 Å². The predicted octanol–water partition coefficient (Wildman–Crippen LogP) is 2.66. The lowest BCUT2D eigenvalue weighted by molar-refractivity contribution is -0.135. The van der Waals surface area contributed by atoms with Crippen molar-refractivity contribution in [2.24, 2.45) is 5.73 Å². The molecule has 20 heavy (non-hydrogen) atoms. The summed E-state index contributed by atoms with van der Waals surface area (Å²) in [6.45, 7) is 4.97. The van der Waals surface area contributed by atoms with E-state index in [1.54, 1.807) is 0 Å². The molecule has 1 fully saturated rings. The summed E-state index contributed by atoms with van der Waals surface area (Å²) in [6.07, 6.45) is 4.76. The maximum atomic E-state index is 12.4. The Balaban J connectivity index is 1.93. The summed E-state index contributed by atoms with van der Waals surface area (Å²) in [5.74, 6) is 0.258.